The van der Waals surface area contributed by atoms with Gasteiger partial charge in [-0.3, -0.25) is 24.8 Å². The van der Waals surface area contributed by atoms with Crippen LogP contribution in [0.1, 0.15) is 66.6 Å². The van der Waals surface area contributed by atoms with Crippen LogP contribution < -0.4 is 28.3 Å². The number of carboxylic acid groups (broad SMARTS) is 1. The van der Waals surface area contributed by atoms with Gasteiger partial charge in [-0.2, -0.15) is 0 Å². The van der Waals surface area contributed by atoms with Gasteiger partial charge < -0.3 is 84.0 Å². The number of nitrogens with zero attached hydrogens (tertiary/aromatic N) is 5. The minimum atomic E-state index is -1.99. The summed E-state index contributed by atoms with van der Waals surface area (Å²) in [5.41, 5.74) is 24.5. The van der Waals surface area contributed by atoms with Crippen LogP contribution in [0.3, 0.4) is 0 Å². The number of carbonyl (C=O) groups excluding carboxylic acids is 2. The molecule has 0 aliphatic heterocycles. The van der Waals surface area contributed by atoms with E-state index < -0.39 is 99.0 Å². The molecule has 0 radical (unpaired) electrons. The summed E-state index contributed by atoms with van der Waals surface area (Å²) < 4.78 is 0. The van der Waals surface area contributed by atoms with E-state index in [9.17, 15) is 70.6 Å². The van der Waals surface area contributed by atoms with Crippen LogP contribution in [-0.4, -0.2) is 207 Å². The molecule has 0 bridgehead atoms. The van der Waals surface area contributed by atoms with Gasteiger partial charge in [0.1, 0.15) is 42.7 Å². The van der Waals surface area contributed by atoms with Crippen LogP contribution in [0.5, 0.6) is 0 Å². The molecule has 0 aliphatic carbocycles. The SMILES string of the molecule is NC(=NCCCCc1ccc(-c2ccc(CCC(=O)N(CCCN(C[C@H](O)[C@@H](O)[C@H](O)[C@H](O)CO)C[C@H](O)[C@@H](O)[C@H](O)[C@H](O)CO)[C@@H](CCCC[NH3+])C(=O)O)cc2)cc1)NC(=O)c1nc(Cl)c(N)nc1N. The molecule has 0 saturated carbocycles. The number of hydrogen-bond donors (Lipinski definition) is 16. The van der Waals surface area contributed by atoms with Gasteiger partial charge in [0.2, 0.25) is 5.91 Å². The van der Waals surface area contributed by atoms with Crippen molar-refractivity contribution in [3.05, 3.63) is 70.5 Å². The first-order valence-corrected chi connectivity index (χ1v) is 23.7. The lowest BCUT2D eigenvalue weighted by Gasteiger charge is -2.34. The lowest BCUT2D eigenvalue weighted by molar-refractivity contribution is -0.368. The summed E-state index contributed by atoms with van der Waals surface area (Å²) in [5, 5.41) is 113. The second-order valence-electron chi connectivity index (χ2n) is 17.2. The number of nitrogens with two attached hydrogens (primary N) is 3. The Morgan fingerprint density at radius 3 is 1.72 bits per heavy atom. The maximum atomic E-state index is 13.9. The first-order chi connectivity index (χ1) is 33.7. The molecule has 71 heavy (non-hydrogen) atoms. The van der Waals surface area contributed by atoms with Gasteiger partial charge in [0.25, 0.3) is 5.91 Å². The molecule has 0 fully saturated rings. The number of aliphatic hydroxyl groups is 10. The summed E-state index contributed by atoms with van der Waals surface area (Å²) >= 11 is 5.84. The summed E-state index contributed by atoms with van der Waals surface area (Å²) in [4.78, 5) is 53.3. The Labute approximate surface area is 416 Å². The summed E-state index contributed by atoms with van der Waals surface area (Å²) in [5.74, 6) is -2.81. The van der Waals surface area contributed by atoms with Gasteiger partial charge in [0.05, 0.1) is 32.0 Å². The number of quaternary nitrogens is 1. The first-order valence-electron chi connectivity index (χ1n) is 23.3. The van der Waals surface area contributed by atoms with E-state index in [1.807, 2.05) is 48.5 Å². The predicted octanol–water partition coefficient (Wildman–Crippen LogP) is -3.78. The average Bonchev–Trinajstić information content (AvgIpc) is 3.35. The number of aryl methyl sites for hydroxylation is 2. The third-order valence-corrected chi connectivity index (χ3v) is 12.0. The van der Waals surface area contributed by atoms with Crippen LogP contribution in [-0.2, 0) is 22.4 Å². The molecule has 1 heterocycles. The van der Waals surface area contributed by atoms with Gasteiger partial charge >= 0.3 is 5.97 Å². The lowest BCUT2D eigenvalue weighted by atomic mass is 9.99. The Morgan fingerprint density at radius 1 is 0.690 bits per heavy atom. The number of hydrogen-bond acceptors (Lipinski definition) is 19. The number of aliphatic carboxylic acids is 1. The van der Waals surface area contributed by atoms with E-state index in [0.29, 0.717) is 32.4 Å². The maximum Gasteiger partial charge on any atom is 0.326 e. The van der Waals surface area contributed by atoms with Gasteiger partial charge in [-0.15, -0.1) is 0 Å². The molecular formula is C46H72ClN10O14+. The zero-order chi connectivity index (χ0) is 52.8. The fourth-order valence-corrected chi connectivity index (χ4v) is 7.69. The number of carbonyl (C=O) groups is 3. The lowest BCUT2D eigenvalue weighted by Crippen LogP contribution is -2.53. The normalized spacial score (nSPS) is 15.8. The van der Waals surface area contributed by atoms with Crippen molar-refractivity contribution in [1.82, 2.24) is 25.1 Å². The Morgan fingerprint density at radius 2 is 1.21 bits per heavy atom. The van der Waals surface area contributed by atoms with E-state index in [-0.39, 0.29) is 67.2 Å². The van der Waals surface area contributed by atoms with Gasteiger partial charge in [0.15, 0.2) is 28.4 Å². The number of guanidine groups is 1. The molecule has 0 spiro atoms. The molecular weight excluding hydrogens is 952 g/mol. The van der Waals surface area contributed by atoms with Gasteiger partial charge in [0, 0.05) is 39.1 Å². The Kier molecular flexibility index (Phi) is 25.9. The fraction of sp³-hybridized carbons (Fsp3) is 0.565. The summed E-state index contributed by atoms with van der Waals surface area (Å²) in [6.07, 6.45) is -11.4. The number of rotatable bonds is 32. The number of aliphatic hydroxyl groups excluding tert-OH is 10. The number of nitrogen functional groups attached to an aromatic ring is 2. The topological polar surface area (TPSA) is 436 Å². The van der Waals surface area contributed by atoms with Crippen molar-refractivity contribution in [3.63, 3.8) is 0 Å². The highest BCUT2D eigenvalue weighted by Crippen LogP contribution is 2.23. The molecule has 0 saturated heterocycles. The monoisotopic (exact) mass is 1020 g/mol. The second kappa shape index (κ2) is 30.6. The number of aromatic nitrogens is 2. The molecule has 21 N–H and O–H groups in total. The number of amides is 2. The molecule has 396 valence electrons. The van der Waals surface area contributed by atoms with E-state index in [4.69, 9.17) is 28.8 Å². The summed E-state index contributed by atoms with van der Waals surface area (Å²) in [6, 6.07) is 14.5. The van der Waals surface area contributed by atoms with E-state index in [0.717, 1.165) is 35.1 Å². The molecule has 3 aromatic rings. The van der Waals surface area contributed by atoms with Crippen molar-refractivity contribution in [2.45, 2.75) is 113 Å². The molecule has 3 rings (SSSR count). The van der Waals surface area contributed by atoms with Crippen LogP contribution in [0.15, 0.2) is 53.5 Å². The zero-order valence-electron chi connectivity index (χ0n) is 39.5. The van der Waals surface area contributed by atoms with Crippen LogP contribution >= 0.6 is 11.6 Å². The van der Waals surface area contributed by atoms with Crippen molar-refractivity contribution in [1.29, 1.82) is 0 Å². The number of benzene rings is 2. The van der Waals surface area contributed by atoms with Gasteiger partial charge in [-0.25, -0.2) is 14.8 Å². The Balaban J connectivity index is 1.63. The van der Waals surface area contributed by atoms with Crippen LogP contribution in [0.2, 0.25) is 5.15 Å². The first kappa shape index (κ1) is 60.1. The van der Waals surface area contributed by atoms with Crippen molar-refractivity contribution in [3.8, 4) is 11.1 Å². The number of aliphatic imine (C=N–C) groups is 1. The smallest absolute Gasteiger partial charge is 0.326 e. The quantitative estimate of drug-likeness (QED) is 0.0162. The third-order valence-electron chi connectivity index (χ3n) is 11.8. The highest BCUT2D eigenvalue weighted by molar-refractivity contribution is 6.31. The second-order valence-corrected chi connectivity index (χ2v) is 17.6. The average molecular weight is 1020 g/mol. The van der Waals surface area contributed by atoms with Crippen molar-refractivity contribution >= 4 is 47.0 Å². The predicted molar refractivity (Wildman–Crippen MR) is 261 cm³/mol. The Hall–Kier alpha value is -5.19. The number of carboxylic acids is 1. The molecule has 2 amide bonds. The zero-order valence-corrected chi connectivity index (χ0v) is 40.3. The Bertz CT molecular complexity index is 2100. The van der Waals surface area contributed by atoms with Crippen LogP contribution in [0.4, 0.5) is 11.6 Å². The largest absolute Gasteiger partial charge is 0.480 e. The summed E-state index contributed by atoms with van der Waals surface area (Å²) in [7, 11) is 0. The fourth-order valence-electron chi connectivity index (χ4n) is 7.56. The number of halogens is 1. The molecule has 0 aliphatic rings. The highest BCUT2D eigenvalue weighted by Gasteiger charge is 2.35. The van der Waals surface area contributed by atoms with Crippen molar-refractivity contribution in [2.24, 2.45) is 10.7 Å². The molecule has 0 unspecified atom stereocenters. The van der Waals surface area contributed by atoms with Crippen LogP contribution in [0, 0.1) is 0 Å². The molecule has 1 aromatic heterocycles. The minimum Gasteiger partial charge on any atom is -0.480 e. The van der Waals surface area contributed by atoms with Crippen molar-refractivity contribution in [2.75, 3.05) is 63.9 Å². The summed E-state index contributed by atoms with van der Waals surface area (Å²) in [6.45, 7) is -2.20. The van der Waals surface area contributed by atoms with Crippen molar-refractivity contribution < 1.29 is 76.3 Å². The standard InChI is InChI=1S/C46H71ClN10O14/c47-41-43(50)54-42(49)36(53-41)44(69)55-46(51)52-19-4-2-6-26-8-13-28(14-9-26)29-15-10-27(11-16-29)12-17-35(64)57(30(45(70)71)7-1-3-18-48)21-5-20-56(22-31(60)37(65)39(67)33(62)24-58)23-32(61)38(66)40(68)34(63)25-59/h8-11,13-16,30-34,37-40,58-63,65-68H,1-7,12,17-25,48H2,(H,70,71)(H4,49,50,54)(H3,51,52,55,69)/p+1/t30-,31-,32-,33+,34+,37+,38+,39+,40+/m0/s1. The van der Waals surface area contributed by atoms with E-state index >= 15 is 0 Å². The number of unbranched alkanes of at least 4 members (excludes halogenated alkanes) is 2. The maximum absolute atomic E-state index is 13.9. The molecule has 25 heteroatoms. The number of nitrogens with one attached hydrogen (secondary N) is 1. The molecule has 2 aromatic carbocycles. The highest BCUT2D eigenvalue weighted by atomic mass is 35.5. The third kappa shape index (κ3) is 19.4. The van der Waals surface area contributed by atoms with E-state index in [1.165, 1.54) is 9.80 Å². The number of anilines is 2. The van der Waals surface area contributed by atoms with E-state index in [2.05, 4.69) is 26.0 Å². The molecule has 9 atom stereocenters. The molecule has 24 nitrogen and oxygen atoms in total. The van der Waals surface area contributed by atoms with Gasteiger partial charge in [-0.05, 0) is 73.6 Å². The van der Waals surface area contributed by atoms with E-state index in [1.54, 1.807) is 0 Å². The minimum absolute atomic E-state index is 0.0363. The van der Waals surface area contributed by atoms with Crippen LogP contribution in [0.25, 0.3) is 11.1 Å². The van der Waals surface area contributed by atoms with Gasteiger partial charge in [-0.1, -0.05) is 60.1 Å².